The molecule has 2 atom stereocenters. The van der Waals surface area contributed by atoms with Crippen LogP contribution < -0.4 is 5.32 Å². The molecule has 14 heavy (non-hydrogen) atoms. The fraction of sp³-hybridized carbons (Fsp3) is 0.889. The van der Waals surface area contributed by atoms with Gasteiger partial charge in [-0.1, -0.05) is 0 Å². The summed E-state index contributed by atoms with van der Waals surface area (Å²) in [5.41, 5.74) is 0. The summed E-state index contributed by atoms with van der Waals surface area (Å²) < 4.78 is 9.41. The molecule has 0 bridgehead atoms. The molecule has 5 nitrogen and oxygen atoms in total. The lowest BCUT2D eigenvalue weighted by Gasteiger charge is -2.20. The normalized spacial score (nSPS) is 14.9. The Labute approximate surface area is 84.4 Å². The summed E-state index contributed by atoms with van der Waals surface area (Å²) >= 11 is 0. The maximum atomic E-state index is 10.9. The number of esters is 1. The monoisotopic (exact) mass is 205 g/mol. The van der Waals surface area contributed by atoms with Gasteiger partial charge in [0.05, 0.1) is 32.8 Å². The maximum Gasteiger partial charge on any atom is 0.307 e. The van der Waals surface area contributed by atoms with E-state index in [9.17, 15) is 4.79 Å². The number of methoxy groups -OCH3 is 2. The number of hydrogen-bond acceptors (Lipinski definition) is 5. The van der Waals surface area contributed by atoms with Crippen molar-refractivity contribution in [3.8, 4) is 0 Å². The molecule has 84 valence electrons. The molecule has 0 amide bonds. The number of hydrogen-bond donors (Lipinski definition) is 2. The topological polar surface area (TPSA) is 67.8 Å². The lowest BCUT2D eigenvalue weighted by Crippen LogP contribution is -2.42. The zero-order valence-corrected chi connectivity index (χ0v) is 8.95. The van der Waals surface area contributed by atoms with E-state index in [4.69, 9.17) is 9.84 Å². The van der Waals surface area contributed by atoms with Gasteiger partial charge in [-0.15, -0.1) is 0 Å². The average molecular weight is 205 g/mol. The summed E-state index contributed by atoms with van der Waals surface area (Å²) in [6.07, 6.45) is 0.288. The van der Waals surface area contributed by atoms with Crippen molar-refractivity contribution >= 4 is 5.97 Å². The second-order valence-electron chi connectivity index (χ2n) is 3.18. The highest BCUT2D eigenvalue weighted by Crippen LogP contribution is 1.95. The van der Waals surface area contributed by atoms with Crippen molar-refractivity contribution in [1.82, 2.24) is 5.32 Å². The van der Waals surface area contributed by atoms with Crippen LogP contribution in [0.25, 0.3) is 0 Å². The molecule has 2 unspecified atom stereocenters. The van der Waals surface area contributed by atoms with Gasteiger partial charge in [0.1, 0.15) is 0 Å². The van der Waals surface area contributed by atoms with Crippen LogP contribution in [0.5, 0.6) is 0 Å². The fourth-order valence-electron chi connectivity index (χ4n) is 1.15. The number of carbonyl (C=O) groups excluding carboxylic acids is 1. The summed E-state index contributed by atoms with van der Waals surface area (Å²) in [6, 6.07) is -0.172. The van der Waals surface area contributed by atoms with Gasteiger partial charge < -0.3 is 19.9 Å². The number of aliphatic hydroxyl groups excluding tert-OH is 1. The summed E-state index contributed by atoms with van der Waals surface area (Å²) in [6.45, 7) is 2.26. The van der Waals surface area contributed by atoms with E-state index in [1.807, 2.05) is 6.92 Å². The molecule has 0 aromatic rings. The summed E-state index contributed by atoms with van der Waals surface area (Å²) in [5.74, 6) is -0.265. The average Bonchev–Trinajstić information content (AvgIpc) is 2.16. The minimum Gasteiger partial charge on any atom is -0.469 e. The van der Waals surface area contributed by atoms with Crippen molar-refractivity contribution in [3.63, 3.8) is 0 Å². The minimum absolute atomic E-state index is 0.0145. The first-order valence-electron chi connectivity index (χ1n) is 4.56. The Morgan fingerprint density at radius 1 is 1.50 bits per heavy atom. The van der Waals surface area contributed by atoms with Crippen LogP contribution in [0.3, 0.4) is 0 Å². The standard InChI is InChI=1S/C9H19NO4/c1-7(4-9(12)14-3)10-8(5-11)6-13-2/h7-8,10-11H,4-6H2,1-3H3. The van der Waals surface area contributed by atoms with Gasteiger partial charge in [0, 0.05) is 13.2 Å². The van der Waals surface area contributed by atoms with Gasteiger partial charge in [-0.25, -0.2) is 0 Å². The Morgan fingerprint density at radius 2 is 2.14 bits per heavy atom. The third-order valence-electron chi connectivity index (χ3n) is 1.81. The molecule has 0 rings (SSSR count). The third-order valence-corrected chi connectivity index (χ3v) is 1.81. The molecule has 0 aromatic carbocycles. The van der Waals surface area contributed by atoms with Crippen LogP contribution in [0.2, 0.25) is 0 Å². The smallest absolute Gasteiger partial charge is 0.307 e. The molecule has 0 radical (unpaired) electrons. The van der Waals surface area contributed by atoms with E-state index in [1.54, 1.807) is 7.11 Å². The van der Waals surface area contributed by atoms with Crippen LogP contribution in [-0.4, -0.2) is 50.6 Å². The zero-order chi connectivity index (χ0) is 11.0. The molecular weight excluding hydrogens is 186 g/mol. The van der Waals surface area contributed by atoms with Crippen molar-refractivity contribution in [2.24, 2.45) is 0 Å². The molecule has 5 heteroatoms. The molecule has 0 fully saturated rings. The van der Waals surface area contributed by atoms with Gasteiger partial charge in [0.15, 0.2) is 0 Å². The van der Waals surface area contributed by atoms with Crippen LogP contribution in [0, 0.1) is 0 Å². The molecule has 0 heterocycles. The van der Waals surface area contributed by atoms with E-state index < -0.39 is 0 Å². The lowest BCUT2D eigenvalue weighted by atomic mass is 10.2. The summed E-state index contributed by atoms with van der Waals surface area (Å²) in [7, 11) is 2.92. The van der Waals surface area contributed by atoms with Gasteiger partial charge in [0.25, 0.3) is 0 Å². The summed E-state index contributed by atoms with van der Waals surface area (Å²) in [4.78, 5) is 10.9. The van der Waals surface area contributed by atoms with E-state index in [0.717, 1.165) is 0 Å². The SMILES string of the molecule is COCC(CO)NC(C)CC(=O)OC. The van der Waals surface area contributed by atoms with Crippen LogP contribution in [0.1, 0.15) is 13.3 Å². The van der Waals surface area contributed by atoms with Crippen molar-refractivity contribution in [3.05, 3.63) is 0 Å². The highest BCUT2D eigenvalue weighted by Gasteiger charge is 2.13. The van der Waals surface area contributed by atoms with Crippen LogP contribution in [0.4, 0.5) is 0 Å². The first kappa shape index (κ1) is 13.4. The Bertz CT molecular complexity index is 163. The van der Waals surface area contributed by atoms with Gasteiger partial charge in [-0.3, -0.25) is 4.79 Å². The van der Waals surface area contributed by atoms with Crippen molar-refractivity contribution < 1.29 is 19.4 Å². The molecular formula is C9H19NO4. The van der Waals surface area contributed by atoms with E-state index >= 15 is 0 Å². The van der Waals surface area contributed by atoms with Gasteiger partial charge in [-0.2, -0.15) is 0 Å². The molecule has 0 spiro atoms. The van der Waals surface area contributed by atoms with Crippen molar-refractivity contribution in [2.75, 3.05) is 27.4 Å². The van der Waals surface area contributed by atoms with Crippen LogP contribution in [-0.2, 0) is 14.3 Å². The third kappa shape index (κ3) is 5.90. The number of rotatable bonds is 7. The van der Waals surface area contributed by atoms with Crippen LogP contribution in [0.15, 0.2) is 0 Å². The van der Waals surface area contributed by atoms with Crippen LogP contribution >= 0.6 is 0 Å². The first-order valence-corrected chi connectivity index (χ1v) is 4.56. The Kier molecular flexibility index (Phi) is 7.37. The molecule has 0 aliphatic heterocycles. The predicted molar refractivity (Wildman–Crippen MR) is 52.0 cm³/mol. The maximum absolute atomic E-state index is 10.9. The predicted octanol–water partition coefficient (Wildman–Crippen LogP) is -0.465. The molecule has 0 aromatic heterocycles. The Balaban J connectivity index is 3.77. The first-order chi connectivity index (χ1) is 6.63. The second kappa shape index (κ2) is 7.73. The van der Waals surface area contributed by atoms with Gasteiger partial charge >= 0.3 is 5.97 Å². The van der Waals surface area contributed by atoms with E-state index in [0.29, 0.717) is 6.61 Å². The fourth-order valence-corrected chi connectivity index (χ4v) is 1.15. The zero-order valence-electron chi connectivity index (χ0n) is 8.95. The molecule has 0 aliphatic carbocycles. The molecule has 2 N–H and O–H groups in total. The summed E-state index contributed by atoms with van der Waals surface area (Å²) in [5, 5.41) is 12.0. The molecule has 0 saturated carbocycles. The van der Waals surface area contributed by atoms with Crippen molar-refractivity contribution in [1.29, 1.82) is 0 Å². The minimum atomic E-state index is -0.265. The number of nitrogens with one attached hydrogen (secondary N) is 1. The Hall–Kier alpha value is -0.650. The quantitative estimate of drug-likeness (QED) is 0.550. The molecule has 0 saturated heterocycles. The van der Waals surface area contributed by atoms with Gasteiger partial charge in [0.2, 0.25) is 0 Å². The number of aliphatic hydroxyl groups is 1. The number of carbonyl (C=O) groups is 1. The van der Waals surface area contributed by atoms with E-state index in [1.165, 1.54) is 7.11 Å². The second-order valence-corrected chi connectivity index (χ2v) is 3.18. The van der Waals surface area contributed by atoms with Gasteiger partial charge in [-0.05, 0) is 6.92 Å². The lowest BCUT2D eigenvalue weighted by molar-refractivity contribution is -0.141. The van der Waals surface area contributed by atoms with Crippen molar-refractivity contribution in [2.45, 2.75) is 25.4 Å². The number of ether oxygens (including phenoxy) is 2. The Morgan fingerprint density at radius 3 is 2.57 bits per heavy atom. The highest BCUT2D eigenvalue weighted by atomic mass is 16.5. The highest BCUT2D eigenvalue weighted by molar-refractivity contribution is 5.69. The van der Waals surface area contributed by atoms with E-state index in [-0.39, 0.29) is 31.1 Å². The largest absolute Gasteiger partial charge is 0.469 e. The molecule has 0 aliphatic rings. The van der Waals surface area contributed by atoms with E-state index in [2.05, 4.69) is 10.1 Å².